The molecule has 0 aliphatic heterocycles. The first-order valence-corrected chi connectivity index (χ1v) is 8.68. The summed E-state index contributed by atoms with van der Waals surface area (Å²) in [7, 11) is 0. The van der Waals surface area contributed by atoms with Gasteiger partial charge < -0.3 is 11.1 Å². The van der Waals surface area contributed by atoms with Gasteiger partial charge in [0.15, 0.2) is 5.96 Å². The molecule has 3 N–H and O–H groups in total. The van der Waals surface area contributed by atoms with Crippen molar-refractivity contribution in [3.8, 4) is 0 Å². The van der Waals surface area contributed by atoms with E-state index in [0.29, 0.717) is 10.7 Å². The van der Waals surface area contributed by atoms with Crippen LogP contribution in [0.3, 0.4) is 0 Å². The average Bonchev–Trinajstić information content (AvgIpc) is 3.26. The fraction of sp³-hybridized carbons (Fsp3) is 0.562. The van der Waals surface area contributed by atoms with Crippen LogP contribution >= 0.6 is 35.7 Å². The number of hydrogen-bond acceptors (Lipinski definition) is 2. The lowest BCUT2D eigenvalue weighted by atomic mass is 9.90. The van der Waals surface area contributed by atoms with Crippen molar-refractivity contribution in [2.75, 3.05) is 18.1 Å². The van der Waals surface area contributed by atoms with Gasteiger partial charge in [0.25, 0.3) is 0 Å². The highest BCUT2D eigenvalue weighted by Crippen LogP contribution is 2.47. The van der Waals surface area contributed by atoms with Crippen molar-refractivity contribution in [2.24, 2.45) is 10.7 Å². The number of benzene rings is 1. The SMILES string of the molecule is CSC1(CN=C(N)Nc2cccc3c2CCCC3)CC1.I. The monoisotopic (exact) mass is 417 g/mol. The van der Waals surface area contributed by atoms with E-state index in [0.717, 1.165) is 18.7 Å². The Bertz CT molecular complexity index is 526. The highest BCUT2D eigenvalue weighted by Gasteiger charge is 2.41. The van der Waals surface area contributed by atoms with Crippen molar-refractivity contribution in [3.05, 3.63) is 29.3 Å². The number of nitrogens with zero attached hydrogens (tertiary/aromatic N) is 1. The van der Waals surface area contributed by atoms with Gasteiger partial charge in [0.2, 0.25) is 0 Å². The highest BCUT2D eigenvalue weighted by molar-refractivity contribution is 14.0. The Kier molecular flexibility index (Phi) is 5.82. The summed E-state index contributed by atoms with van der Waals surface area (Å²) < 4.78 is 0.377. The lowest BCUT2D eigenvalue weighted by Crippen LogP contribution is -2.25. The van der Waals surface area contributed by atoms with Gasteiger partial charge in [-0.3, -0.25) is 4.99 Å². The molecule has 0 spiro atoms. The van der Waals surface area contributed by atoms with Gasteiger partial charge in [0.1, 0.15) is 0 Å². The molecule has 2 aliphatic carbocycles. The van der Waals surface area contributed by atoms with Crippen LogP contribution in [-0.2, 0) is 12.8 Å². The second-order valence-corrected chi connectivity index (χ2v) is 7.14. The van der Waals surface area contributed by atoms with E-state index in [1.54, 1.807) is 0 Å². The van der Waals surface area contributed by atoms with Crippen molar-refractivity contribution in [1.29, 1.82) is 0 Å². The van der Waals surface area contributed by atoms with E-state index in [9.17, 15) is 0 Å². The average molecular weight is 417 g/mol. The van der Waals surface area contributed by atoms with Gasteiger partial charge in [0, 0.05) is 10.4 Å². The van der Waals surface area contributed by atoms with Crippen LogP contribution in [0.1, 0.15) is 36.8 Å². The summed E-state index contributed by atoms with van der Waals surface area (Å²) in [5, 5.41) is 3.31. The minimum atomic E-state index is 0. The second-order valence-electron chi connectivity index (χ2n) is 5.86. The highest BCUT2D eigenvalue weighted by atomic mass is 127. The largest absolute Gasteiger partial charge is 0.370 e. The molecule has 5 heteroatoms. The first kappa shape index (κ1) is 16.9. The van der Waals surface area contributed by atoms with E-state index >= 15 is 0 Å². The molecule has 0 heterocycles. The number of anilines is 1. The van der Waals surface area contributed by atoms with Crippen molar-refractivity contribution >= 4 is 47.4 Å². The zero-order valence-corrected chi connectivity index (χ0v) is 15.7. The number of hydrogen-bond donors (Lipinski definition) is 2. The molecule has 1 saturated carbocycles. The number of fused-ring (bicyclic) bond motifs is 1. The first-order valence-electron chi connectivity index (χ1n) is 7.45. The first-order chi connectivity index (χ1) is 9.72. The summed E-state index contributed by atoms with van der Waals surface area (Å²) >= 11 is 1.92. The van der Waals surface area contributed by atoms with E-state index in [1.165, 1.54) is 43.2 Å². The number of thioether (sulfide) groups is 1. The summed E-state index contributed by atoms with van der Waals surface area (Å²) in [4.78, 5) is 4.54. The van der Waals surface area contributed by atoms with Gasteiger partial charge in [-0.1, -0.05) is 12.1 Å². The number of nitrogens with one attached hydrogen (secondary N) is 1. The molecule has 0 bridgehead atoms. The van der Waals surface area contributed by atoms with E-state index in [4.69, 9.17) is 5.73 Å². The summed E-state index contributed by atoms with van der Waals surface area (Å²) in [5.74, 6) is 0.560. The van der Waals surface area contributed by atoms with Crippen LogP contribution in [0.4, 0.5) is 5.69 Å². The summed E-state index contributed by atoms with van der Waals surface area (Å²) in [6, 6.07) is 6.47. The van der Waals surface area contributed by atoms with Crippen molar-refractivity contribution in [1.82, 2.24) is 0 Å². The molecular weight excluding hydrogens is 393 g/mol. The smallest absolute Gasteiger partial charge is 0.193 e. The number of halogens is 1. The lowest BCUT2D eigenvalue weighted by Gasteiger charge is -2.20. The minimum absolute atomic E-state index is 0. The van der Waals surface area contributed by atoms with Crippen LogP contribution in [0, 0.1) is 0 Å². The Labute approximate surface area is 148 Å². The van der Waals surface area contributed by atoms with Gasteiger partial charge in [-0.05, 0) is 62.0 Å². The van der Waals surface area contributed by atoms with Crippen LogP contribution in [0.5, 0.6) is 0 Å². The maximum atomic E-state index is 6.06. The van der Waals surface area contributed by atoms with Gasteiger partial charge in [-0.2, -0.15) is 11.8 Å². The van der Waals surface area contributed by atoms with E-state index < -0.39 is 0 Å². The Morgan fingerprint density at radius 1 is 1.33 bits per heavy atom. The molecule has 0 aromatic heterocycles. The van der Waals surface area contributed by atoms with Crippen LogP contribution < -0.4 is 11.1 Å². The number of aliphatic imine (C=N–C) groups is 1. The minimum Gasteiger partial charge on any atom is -0.370 e. The van der Waals surface area contributed by atoms with Crippen LogP contribution in [0.15, 0.2) is 23.2 Å². The number of guanidine groups is 1. The number of nitrogens with two attached hydrogens (primary N) is 1. The van der Waals surface area contributed by atoms with E-state index in [2.05, 4.69) is 34.8 Å². The Balaban J connectivity index is 0.00000161. The standard InChI is InChI=1S/C16H23N3S.HI/c1-20-16(9-10-16)11-18-15(17)19-14-8-4-6-12-5-2-3-7-13(12)14;/h4,6,8H,2-3,5,7,9-11H2,1H3,(H3,17,18,19);1H. The predicted molar refractivity (Wildman–Crippen MR) is 104 cm³/mol. The molecular formula is C16H24IN3S. The van der Waals surface area contributed by atoms with Crippen molar-refractivity contribution in [3.63, 3.8) is 0 Å². The maximum Gasteiger partial charge on any atom is 0.193 e. The van der Waals surface area contributed by atoms with Crippen LogP contribution in [-0.4, -0.2) is 23.5 Å². The molecule has 1 aromatic rings. The molecule has 21 heavy (non-hydrogen) atoms. The third-order valence-corrected chi connectivity index (χ3v) is 5.84. The fourth-order valence-electron chi connectivity index (χ4n) is 2.87. The fourth-order valence-corrected chi connectivity index (χ4v) is 3.58. The quantitative estimate of drug-likeness (QED) is 0.445. The van der Waals surface area contributed by atoms with Gasteiger partial charge in [-0.25, -0.2) is 0 Å². The van der Waals surface area contributed by atoms with Gasteiger partial charge in [-0.15, -0.1) is 24.0 Å². The van der Waals surface area contributed by atoms with Crippen LogP contribution in [0.25, 0.3) is 0 Å². The molecule has 116 valence electrons. The normalized spacial score (nSPS) is 19.4. The number of rotatable bonds is 4. The molecule has 1 aromatic carbocycles. The lowest BCUT2D eigenvalue weighted by molar-refractivity contribution is 0.687. The maximum absolute atomic E-state index is 6.06. The molecule has 0 atom stereocenters. The molecule has 3 rings (SSSR count). The zero-order valence-electron chi connectivity index (χ0n) is 12.5. The summed E-state index contributed by atoms with van der Waals surface area (Å²) in [6.07, 6.45) is 9.63. The molecule has 0 unspecified atom stereocenters. The topological polar surface area (TPSA) is 50.4 Å². The van der Waals surface area contributed by atoms with Crippen molar-refractivity contribution in [2.45, 2.75) is 43.3 Å². The third-order valence-electron chi connectivity index (χ3n) is 4.44. The van der Waals surface area contributed by atoms with Gasteiger partial charge in [0.05, 0.1) is 6.54 Å². The predicted octanol–water partition coefficient (Wildman–Crippen LogP) is 3.81. The molecule has 2 aliphatic rings. The van der Waals surface area contributed by atoms with Crippen LogP contribution in [0.2, 0.25) is 0 Å². The third kappa shape index (κ3) is 4.06. The molecule has 0 saturated heterocycles. The zero-order chi connectivity index (χ0) is 14.0. The molecule has 1 fully saturated rings. The molecule has 0 amide bonds. The Hall–Kier alpha value is -0.430. The van der Waals surface area contributed by atoms with Crippen molar-refractivity contribution < 1.29 is 0 Å². The second kappa shape index (κ2) is 7.22. The molecule has 3 nitrogen and oxygen atoms in total. The summed E-state index contributed by atoms with van der Waals surface area (Å²) in [5.41, 5.74) is 10.1. The van der Waals surface area contributed by atoms with E-state index in [1.807, 2.05) is 11.8 Å². The Morgan fingerprint density at radius 3 is 2.81 bits per heavy atom. The Morgan fingerprint density at radius 2 is 2.10 bits per heavy atom. The molecule has 0 radical (unpaired) electrons. The van der Waals surface area contributed by atoms with Gasteiger partial charge >= 0.3 is 0 Å². The number of aryl methyl sites for hydroxylation is 1. The van der Waals surface area contributed by atoms with E-state index in [-0.39, 0.29) is 24.0 Å². The summed E-state index contributed by atoms with van der Waals surface area (Å²) in [6.45, 7) is 0.835.